The van der Waals surface area contributed by atoms with Crippen LogP contribution in [0.2, 0.25) is 0 Å². The number of nitrogens with zero attached hydrogens (tertiary/aromatic N) is 2. The van der Waals surface area contributed by atoms with Crippen LogP contribution in [0.15, 0.2) is 5.38 Å². The molecule has 22 heavy (non-hydrogen) atoms. The van der Waals surface area contributed by atoms with Gasteiger partial charge in [-0.1, -0.05) is 6.42 Å². The van der Waals surface area contributed by atoms with E-state index in [0.29, 0.717) is 0 Å². The molecule has 1 atom stereocenters. The van der Waals surface area contributed by atoms with Crippen molar-refractivity contribution in [2.75, 3.05) is 25.0 Å². The number of anilines is 1. The molecule has 0 spiro atoms. The fraction of sp³-hybridized carbons (Fsp3) is 0.692. The number of urea groups is 1. The number of likely N-dealkylation sites (tertiary alicyclic amines) is 1. The van der Waals surface area contributed by atoms with E-state index in [4.69, 9.17) is 0 Å². The highest BCUT2D eigenvalue weighted by Gasteiger charge is 2.33. The first-order valence-electron chi connectivity index (χ1n) is 7.17. The fourth-order valence-corrected chi connectivity index (χ4v) is 3.11. The number of hydrogen-bond acceptors (Lipinski definition) is 4. The van der Waals surface area contributed by atoms with Gasteiger partial charge in [0.1, 0.15) is 0 Å². The molecule has 0 aromatic carbocycles. The average molecular weight is 336 g/mol. The number of rotatable bonds is 4. The Balaban J connectivity index is 1.78. The summed E-state index contributed by atoms with van der Waals surface area (Å²) in [7, 11) is 0. The van der Waals surface area contributed by atoms with Crippen molar-refractivity contribution in [3.05, 3.63) is 11.1 Å². The van der Waals surface area contributed by atoms with Gasteiger partial charge in [0.2, 0.25) is 0 Å². The lowest BCUT2D eigenvalue weighted by molar-refractivity contribution is -0.140. The van der Waals surface area contributed by atoms with Crippen LogP contribution in [0.3, 0.4) is 0 Å². The molecule has 1 aliphatic heterocycles. The summed E-state index contributed by atoms with van der Waals surface area (Å²) in [5.74, 6) is 0. The van der Waals surface area contributed by atoms with E-state index in [9.17, 15) is 18.0 Å². The summed E-state index contributed by atoms with van der Waals surface area (Å²) in [6.45, 7) is 4.65. The highest BCUT2D eigenvalue weighted by molar-refractivity contribution is 7.13. The van der Waals surface area contributed by atoms with Crippen LogP contribution in [0.1, 0.15) is 31.9 Å². The van der Waals surface area contributed by atoms with Gasteiger partial charge in [0.05, 0.1) is 0 Å². The molecule has 1 aliphatic rings. The Bertz CT molecular complexity index is 500. The molecule has 2 rings (SSSR count). The molecule has 2 N–H and O–H groups in total. The van der Waals surface area contributed by atoms with Gasteiger partial charge in [-0.2, -0.15) is 13.2 Å². The first-order valence-corrected chi connectivity index (χ1v) is 8.05. The number of halogens is 3. The Morgan fingerprint density at radius 2 is 2.09 bits per heavy atom. The van der Waals surface area contributed by atoms with E-state index >= 15 is 0 Å². The Kier molecular flexibility index (Phi) is 5.63. The third-order valence-electron chi connectivity index (χ3n) is 3.37. The topological polar surface area (TPSA) is 57.3 Å². The summed E-state index contributed by atoms with van der Waals surface area (Å²) in [5, 5.41) is 5.88. The zero-order valence-electron chi connectivity index (χ0n) is 12.2. The molecule has 0 unspecified atom stereocenters. The lowest BCUT2D eigenvalue weighted by Crippen LogP contribution is -2.45. The van der Waals surface area contributed by atoms with Crippen LogP contribution in [0.4, 0.5) is 23.1 Å². The number of carbonyl (C=O) groups is 1. The second kappa shape index (κ2) is 7.28. The zero-order valence-corrected chi connectivity index (χ0v) is 13.1. The smallest absolute Gasteiger partial charge is 0.334 e. The molecule has 5 nitrogen and oxygen atoms in total. The van der Waals surface area contributed by atoms with Gasteiger partial charge in [-0.05, 0) is 32.9 Å². The van der Waals surface area contributed by atoms with E-state index < -0.39 is 17.9 Å². The molecular weight excluding hydrogens is 317 g/mol. The summed E-state index contributed by atoms with van der Waals surface area (Å²) in [6.07, 6.45) is -0.921. The van der Waals surface area contributed by atoms with Gasteiger partial charge in [0.25, 0.3) is 0 Å². The average Bonchev–Trinajstić information content (AvgIpc) is 2.87. The van der Waals surface area contributed by atoms with Gasteiger partial charge in [-0.25, -0.2) is 9.78 Å². The van der Waals surface area contributed by atoms with Crippen molar-refractivity contribution < 1.29 is 18.0 Å². The third-order valence-corrected chi connectivity index (χ3v) is 4.13. The third kappa shape index (κ3) is 5.13. The maximum atomic E-state index is 12.4. The Hall–Kier alpha value is -1.35. The van der Waals surface area contributed by atoms with E-state index in [1.807, 2.05) is 6.92 Å². The molecule has 1 saturated heterocycles. The van der Waals surface area contributed by atoms with Crippen LogP contribution in [-0.2, 0) is 6.18 Å². The fourth-order valence-electron chi connectivity index (χ4n) is 2.39. The van der Waals surface area contributed by atoms with Crippen molar-refractivity contribution in [1.82, 2.24) is 15.2 Å². The van der Waals surface area contributed by atoms with Crippen molar-refractivity contribution in [2.45, 2.75) is 38.4 Å². The van der Waals surface area contributed by atoms with E-state index in [-0.39, 0.29) is 11.2 Å². The molecule has 0 saturated carbocycles. The molecule has 1 fully saturated rings. The SMILES string of the molecule is C[C@H](CN1CCCCC1)NC(=O)Nc1nc(C(F)(F)F)cs1. The van der Waals surface area contributed by atoms with Gasteiger partial charge in [0, 0.05) is 18.0 Å². The van der Waals surface area contributed by atoms with Crippen molar-refractivity contribution in [3.8, 4) is 0 Å². The number of carbonyl (C=O) groups excluding carboxylic acids is 1. The number of thiazole rings is 1. The number of nitrogens with one attached hydrogen (secondary N) is 2. The minimum Gasteiger partial charge on any atom is -0.334 e. The first-order chi connectivity index (χ1) is 10.3. The molecule has 124 valence electrons. The molecule has 0 aliphatic carbocycles. The number of hydrogen-bond donors (Lipinski definition) is 2. The van der Waals surface area contributed by atoms with Crippen molar-refractivity contribution >= 4 is 22.5 Å². The largest absolute Gasteiger partial charge is 0.434 e. The second-order valence-electron chi connectivity index (χ2n) is 5.40. The van der Waals surface area contributed by atoms with Crippen molar-refractivity contribution in [1.29, 1.82) is 0 Å². The van der Waals surface area contributed by atoms with Crippen LogP contribution in [0.25, 0.3) is 0 Å². The molecule has 0 radical (unpaired) electrons. The van der Waals surface area contributed by atoms with Gasteiger partial charge in [0.15, 0.2) is 10.8 Å². The standard InChI is InChI=1S/C13H19F3N4OS/c1-9(7-20-5-3-2-4-6-20)17-11(21)19-12-18-10(8-22-12)13(14,15)16/h8-9H,2-7H2,1H3,(H2,17,18,19,21)/t9-/m1/s1. The Labute approximate surface area is 130 Å². The summed E-state index contributed by atoms with van der Waals surface area (Å²) >= 11 is 0.754. The maximum Gasteiger partial charge on any atom is 0.434 e. The van der Waals surface area contributed by atoms with Crippen molar-refractivity contribution in [3.63, 3.8) is 0 Å². The lowest BCUT2D eigenvalue weighted by atomic mass is 10.1. The minimum atomic E-state index is -4.49. The number of aromatic nitrogens is 1. The summed E-state index contributed by atoms with van der Waals surface area (Å²) in [6, 6.07) is -0.618. The van der Waals surface area contributed by atoms with E-state index in [0.717, 1.165) is 49.2 Å². The zero-order chi connectivity index (χ0) is 16.2. The van der Waals surface area contributed by atoms with Gasteiger partial charge in [-0.3, -0.25) is 5.32 Å². The molecule has 0 bridgehead atoms. The van der Waals surface area contributed by atoms with E-state index in [1.165, 1.54) is 6.42 Å². The van der Waals surface area contributed by atoms with Gasteiger partial charge < -0.3 is 10.2 Å². The molecule has 2 amide bonds. The van der Waals surface area contributed by atoms with Crippen LogP contribution in [0.5, 0.6) is 0 Å². The highest BCUT2D eigenvalue weighted by atomic mass is 32.1. The second-order valence-corrected chi connectivity index (χ2v) is 6.25. The molecule has 1 aromatic heterocycles. The maximum absolute atomic E-state index is 12.4. The Morgan fingerprint density at radius 1 is 1.41 bits per heavy atom. The Morgan fingerprint density at radius 3 is 2.68 bits per heavy atom. The molecular formula is C13H19F3N4OS. The quantitative estimate of drug-likeness (QED) is 0.888. The molecule has 2 heterocycles. The highest BCUT2D eigenvalue weighted by Crippen LogP contribution is 2.31. The van der Waals surface area contributed by atoms with Crippen LogP contribution < -0.4 is 10.6 Å². The van der Waals surface area contributed by atoms with E-state index in [2.05, 4.69) is 20.5 Å². The van der Waals surface area contributed by atoms with Gasteiger partial charge >= 0.3 is 12.2 Å². The number of piperidine rings is 1. The van der Waals surface area contributed by atoms with Crippen molar-refractivity contribution in [2.24, 2.45) is 0 Å². The molecule has 1 aromatic rings. The normalized spacial score (nSPS) is 18.0. The first kappa shape index (κ1) is 17.0. The summed E-state index contributed by atoms with van der Waals surface area (Å²) in [5.41, 5.74) is -0.992. The monoisotopic (exact) mass is 336 g/mol. The summed E-state index contributed by atoms with van der Waals surface area (Å²) in [4.78, 5) is 17.4. The van der Waals surface area contributed by atoms with Crippen LogP contribution in [-0.4, -0.2) is 41.6 Å². The van der Waals surface area contributed by atoms with Gasteiger partial charge in [-0.15, -0.1) is 11.3 Å². The molecule has 9 heteroatoms. The number of alkyl halides is 3. The summed E-state index contributed by atoms with van der Waals surface area (Å²) < 4.78 is 37.3. The minimum absolute atomic E-state index is 0.0602. The lowest BCUT2D eigenvalue weighted by Gasteiger charge is -2.29. The predicted molar refractivity (Wildman–Crippen MR) is 79.0 cm³/mol. The number of amides is 2. The predicted octanol–water partition coefficient (Wildman–Crippen LogP) is 3.16. The van der Waals surface area contributed by atoms with Crippen LogP contribution >= 0.6 is 11.3 Å². The van der Waals surface area contributed by atoms with Crippen LogP contribution in [0, 0.1) is 0 Å². The van der Waals surface area contributed by atoms with E-state index in [1.54, 1.807) is 0 Å².